The first-order chi connectivity index (χ1) is 8.19. The second-order valence-corrected chi connectivity index (χ2v) is 3.73. The Morgan fingerprint density at radius 1 is 1.47 bits per heavy atom. The van der Waals surface area contributed by atoms with Gasteiger partial charge in [0.2, 0.25) is 0 Å². The molecule has 17 heavy (non-hydrogen) atoms. The Bertz CT molecular complexity index is 534. The lowest BCUT2D eigenvalue weighted by molar-refractivity contribution is 0.194. The summed E-state index contributed by atoms with van der Waals surface area (Å²) >= 11 is 0. The smallest absolute Gasteiger partial charge is 0.404 e. The number of aromatic nitrogens is 1. The van der Waals surface area contributed by atoms with Gasteiger partial charge in [-0.2, -0.15) is 0 Å². The summed E-state index contributed by atoms with van der Waals surface area (Å²) in [5.74, 6) is 0.801. The predicted octanol–water partition coefficient (Wildman–Crippen LogP) is 1.99. The topological polar surface area (TPSA) is 74.3 Å². The largest absolute Gasteiger partial charge is 0.497 e. The number of ether oxygens (including phenoxy) is 1. The van der Waals surface area contributed by atoms with Crippen molar-refractivity contribution >= 4 is 17.0 Å². The maximum Gasteiger partial charge on any atom is 0.404 e. The van der Waals surface area contributed by atoms with Crippen molar-refractivity contribution in [1.82, 2.24) is 10.3 Å². The maximum atomic E-state index is 10.3. The van der Waals surface area contributed by atoms with Crippen LogP contribution < -0.4 is 10.1 Å². The molecule has 2 rings (SSSR count). The molecule has 0 saturated carbocycles. The first kappa shape index (κ1) is 11.3. The van der Waals surface area contributed by atoms with Gasteiger partial charge in [0.05, 0.1) is 7.11 Å². The first-order valence-electron chi connectivity index (χ1n) is 5.31. The van der Waals surface area contributed by atoms with Crippen molar-refractivity contribution in [3.63, 3.8) is 0 Å². The van der Waals surface area contributed by atoms with Gasteiger partial charge in [-0.15, -0.1) is 0 Å². The number of hydrogen-bond donors (Lipinski definition) is 3. The second-order valence-electron chi connectivity index (χ2n) is 3.73. The fourth-order valence-corrected chi connectivity index (χ4v) is 1.73. The zero-order valence-corrected chi connectivity index (χ0v) is 9.49. The molecule has 1 aromatic carbocycles. The summed E-state index contributed by atoms with van der Waals surface area (Å²) in [6.45, 7) is 0.402. The van der Waals surface area contributed by atoms with E-state index in [0.717, 1.165) is 22.3 Å². The quantitative estimate of drug-likeness (QED) is 0.757. The lowest BCUT2D eigenvalue weighted by Crippen LogP contribution is -2.23. The van der Waals surface area contributed by atoms with Crippen LogP contribution in [0.1, 0.15) is 5.69 Å². The molecule has 0 aliphatic rings. The van der Waals surface area contributed by atoms with E-state index >= 15 is 0 Å². The number of carbonyl (C=O) groups is 1. The fourth-order valence-electron chi connectivity index (χ4n) is 1.73. The van der Waals surface area contributed by atoms with Gasteiger partial charge in [0.1, 0.15) is 5.75 Å². The Hall–Kier alpha value is -2.17. The molecular formula is C12H14N2O3. The van der Waals surface area contributed by atoms with Crippen molar-refractivity contribution in [3.8, 4) is 5.75 Å². The molecule has 0 atom stereocenters. The SMILES string of the molecule is COc1ccc2cc(CCNC(=O)O)[nH]c2c1. The highest BCUT2D eigenvalue weighted by Crippen LogP contribution is 2.21. The number of carboxylic acid groups (broad SMARTS) is 1. The first-order valence-corrected chi connectivity index (χ1v) is 5.31. The maximum absolute atomic E-state index is 10.3. The minimum atomic E-state index is -0.997. The summed E-state index contributed by atoms with van der Waals surface area (Å²) in [7, 11) is 1.63. The van der Waals surface area contributed by atoms with Crippen molar-refractivity contribution in [2.45, 2.75) is 6.42 Å². The third-order valence-electron chi connectivity index (χ3n) is 2.56. The number of benzene rings is 1. The van der Waals surface area contributed by atoms with Crippen molar-refractivity contribution in [1.29, 1.82) is 0 Å². The summed E-state index contributed by atoms with van der Waals surface area (Å²) in [6.07, 6.45) is -0.355. The molecular weight excluding hydrogens is 220 g/mol. The van der Waals surface area contributed by atoms with Crippen LogP contribution in [-0.4, -0.2) is 29.8 Å². The van der Waals surface area contributed by atoms with Gasteiger partial charge in [-0.05, 0) is 23.6 Å². The monoisotopic (exact) mass is 234 g/mol. The van der Waals surface area contributed by atoms with Crippen molar-refractivity contribution in [2.24, 2.45) is 0 Å². The number of methoxy groups -OCH3 is 1. The van der Waals surface area contributed by atoms with E-state index in [0.29, 0.717) is 13.0 Å². The molecule has 0 spiro atoms. The third-order valence-corrected chi connectivity index (χ3v) is 2.56. The van der Waals surface area contributed by atoms with Gasteiger partial charge in [0.15, 0.2) is 0 Å². The van der Waals surface area contributed by atoms with E-state index in [1.807, 2.05) is 24.3 Å². The van der Waals surface area contributed by atoms with Crippen molar-refractivity contribution in [3.05, 3.63) is 30.0 Å². The van der Waals surface area contributed by atoms with Crippen LogP contribution in [0.2, 0.25) is 0 Å². The van der Waals surface area contributed by atoms with Crippen molar-refractivity contribution in [2.75, 3.05) is 13.7 Å². The highest BCUT2D eigenvalue weighted by atomic mass is 16.5. The van der Waals surface area contributed by atoms with Crippen LogP contribution in [0.25, 0.3) is 10.9 Å². The molecule has 5 heteroatoms. The normalized spacial score (nSPS) is 10.4. The lowest BCUT2D eigenvalue weighted by atomic mass is 10.2. The van der Waals surface area contributed by atoms with Gasteiger partial charge in [-0.25, -0.2) is 4.79 Å². The van der Waals surface area contributed by atoms with E-state index in [1.165, 1.54) is 0 Å². The number of aromatic amines is 1. The molecule has 0 aliphatic heterocycles. The summed E-state index contributed by atoms with van der Waals surface area (Å²) in [6, 6.07) is 7.80. The van der Waals surface area contributed by atoms with E-state index in [-0.39, 0.29) is 0 Å². The number of fused-ring (bicyclic) bond motifs is 1. The summed E-state index contributed by atoms with van der Waals surface area (Å²) in [5, 5.41) is 11.9. The fraction of sp³-hybridized carbons (Fsp3) is 0.250. The molecule has 0 unspecified atom stereocenters. The summed E-state index contributed by atoms with van der Waals surface area (Å²) < 4.78 is 5.13. The molecule has 2 aromatic rings. The molecule has 0 aliphatic carbocycles. The Morgan fingerprint density at radius 2 is 2.29 bits per heavy atom. The van der Waals surface area contributed by atoms with Crippen molar-refractivity contribution < 1.29 is 14.6 Å². The minimum Gasteiger partial charge on any atom is -0.497 e. The average Bonchev–Trinajstić information content (AvgIpc) is 2.69. The van der Waals surface area contributed by atoms with E-state index in [4.69, 9.17) is 9.84 Å². The number of rotatable bonds is 4. The number of amides is 1. The average molecular weight is 234 g/mol. The van der Waals surface area contributed by atoms with Crippen LogP contribution >= 0.6 is 0 Å². The van der Waals surface area contributed by atoms with E-state index < -0.39 is 6.09 Å². The molecule has 0 radical (unpaired) electrons. The van der Waals surface area contributed by atoms with Crippen LogP contribution in [0.15, 0.2) is 24.3 Å². The van der Waals surface area contributed by atoms with E-state index in [2.05, 4.69) is 10.3 Å². The molecule has 3 N–H and O–H groups in total. The predicted molar refractivity (Wildman–Crippen MR) is 64.6 cm³/mol. The Kier molecular flexibility index (Phi) is 3.18. The van der Waals surface area contributed by atoms with Gasteiger partial charge in [0.25, 0.3) is 0 Å². The van der Waals surface area contributed by atoms with Crippen LogP contribution in [-0.2, 0) is 6.42 Å². The second kappa shape index (κ2) is 4.78. The van der Waals surface area contributed by atoms with Gasteiger partial charge in [0, 0.05) is 30.2 Å². The highest BCUT2D eigenvalue weighted by molar-refractivity contribution is 5.81. The van der Waals surface area contributed by atoms with E-state index in [1.54, 1.807) is 7.11 Å². The van der Waals surface area contributed by atoms with Gasteiger partial charge >= 0.3 is 6.09 Å². The highest BCUT2D eigenvalue weighted by Gasteiger charge is 2.02. The summed E-state index contributed by atoms with van der Waals surface area (Å²) in [4.78, 5) is 13.5. The molecule has 1 amide bonds. The Morgan fingerprint density at radius 3 is 3.00 bits per heavy atom. The molecule has 1 heterocycles. The van der Waals surface area contributed by atoms with Crippen LogP contribution in [0.5, 0.6) is 5.75 Å². The minimum absolute atomic E-state index is 0.402. The molecule has 0 fully saturated rings. The van der Waals surface area contributed by atoms with Crippen LogP contribution in [0.3, 0.4) is 0 Å². The summed E-state index contributed by atoms with van der Waals surface area (Å²) in [5.41, 5.74) is 2.00. The van der Waals surface area contributed by atoms with Gasteiger partial charge in [-0.1, -0.05) is 0 Å². The zero-order valence-electron chi connectivity index (χ0n) is 9.49. The molecule has 5 nitrogen and oxygen atoms in total. The Labute approximate surface area is 98.4 Å². The molecule has 0 bridgehead atoms. The standard InChI is InChI=1S/C12H14N2O3/c1-17-10-3-2-8-6-9(14-11(8)7-10)4-5-13-12(15)16/h2-3,6-7,13-14H,4-5H2,1H3,(H,15,16). The molecule has 0 saturated heterocycles. The third kappa shape index (κ3) is 2.69. The van der Waals surface area contributed by atoms with Crippen LogP contribution in [0.4, 0.5) is 4.79 Å². The lowest BCUT2D eigenvalue weighted by Gasteiger charge is -1.98. The number of hydrogen-bond acceptors (Lipinski definition) is 2. The van der Waals surface area contributed by atoms with Gasteiger partial charge < -0.3 is 20.1 Å². The van der Waals surface area contributed by atoms with E-state index in [9.17, 15) is 4.79 Å². The van der Waals surface area contributed by atoms with Gasteiger partial charge in [-0.3, -0.25) is 0 Å². The number of nitrogens with one attached hydrogen (secondary N) is 2. The number of H-pyrrole nitrogens is 1. The van der Waals surface area contributed by atoms with Crippen LogP contribution in [0, 0.1) is 0 Å². The molecule has 1 aromatic heterocycles. The zero-order chi connectivity index (χ0) is 12.3. The molecule has 90 valence electrons. The Balaban J connectivity index is 2.11.